The molecule has 10 nitrogen and oxygen atoms in total. The number of nitro groups is 1. The molecule has 0 bridgehead atoms. The van der Waals surface area contributed by atoms with Gasteiger partial charge in [-0.3, -0.25) is 19.7 Å². The maximum absolute atomic E-state index is 12.8. The molecule has 12 heteroatoms. The first-order valence-corrected chi connectivity index (χ1v) is 12.6. The third-order valence-electron chi connectivity index (χ3n) is 5.16. The lowest BCUT2D eigenvalue weighted by Crippen LogP contribution is -2.17. The minimum atomic E-state index is -1.57. The van der Waals surface area contributed by atoms with Crippen molar-refractivity contribution in [2.75, 3.05) is 16.4 Å². The van der Waals surface area contributed by atoms with E-state index in [2.05, 4.69) is 15.6 Å². The normalized spacial score (nSPS) is 10.8. The second-order valence-electron chi connectivity index (χ2n) is 8.09. The van der Waals surface area contributed by atoms with Crippen LogP contribution in [0.5, 0.6) is 0 Å². The number of nitrogens with zero attached hydrogens (tertiary/aromatic N) is 2. The molecule has 4 aromatic rings. The average Bonchev–Trinajstić information content (AvgIpc) is 3.23. The van der Waals surface area contributed by atoms with Gasteiger partial charge in [0, 0.05) is 17.4 Å². The van der Waals surface area contributed by atoms with Crippen LogP contribution >= 0.6 is 23.1 Å². The maximum atomic E-state index is 12.8. The molecule has 0 saturated carbocycles. The summed E-state index contributed by atoms with van der Waals surface area (Å²) in [6, 6.07) is 14.3. The number of thiazole rings is 1. The van der Waals surface area contributed by atoms with Gasteiger partial charge >= 0.3 is 5.97 Å². The molecule has 0 spiro atoms. The summed E-state index contributed by atoms with van der Waals surface area (Å²) in [6.07, 6.45) is 0. The predicted molar refractivity (Wildman–Crippen MR) is 143 cm³/mol. The molecule has 0 unspecified atom stereocenters. The molecule has 37 heavy (non-hydrogen) atoms. The number of aromatic carboxylic acids is 1. The van der Waals surface area contributed by atoms with Gasteiger partial charge in [-0.05, 0) is 61.4 Å². The van der Waals surface area contributed by atoms with E-state index in [-0.39, 0.29) is 17.2 Å². The Morgan fingerprint density at radius 1 is 1.03 bits per heavy atom. The Balaban J connectivity index is 1.45. The van der Waals surface area contributed by atoms with Crippen LogP contribution in [-0.2, 0) is 4.79 Å². The Morgan fingerprint density at radius 3 is 2.43 bits per heavy atom. The number of aryl methyl sites for hydroxylation is 2. The summed E-state index contributed by atoms with van der Waals surface area (Å²) in [6.45, 7) is 3.92. The number of fused-ring (bicyclic) bond motifs is 1. The molecule has 0 aliphatic rings. The van der Waals surface area contributed by atoms with Crippen LogP contribution in [0.4, 0.5) is 17.1 Å². The Labute approximate surface area is 218 Å². The molecule has 0 fully saturated rings. The van der Waals surface area contributed by atoms with Crippen LogP contribution in [0.1, 0.15) is 31.8 Å². The Hall–Kier alpha value is -4.29. The van der Waals surface area contributed by atoms with Crippen LogP contribution in [0, 0.1) is 24.0 Å². The number of hydrogen-bond acceptors (Lipinski definition) is 8. The van der Waals surface area contributed by atoms with Crippen molar-refractivity contribution in [2.24, 2.45) is 0 Å². The number of aromatic nitrogens is 1. The number of anilines is 2. The van der Waals surface area contributed by atoms with Gasteiger partial charge < -0.3 is 15.7 Å². The van der Waals surface area contributed by atoms with Gasteiger partial charge in [-0.2, -0.15) is 0 Å². The third kappa shape index (κ3) is 6.11. The monoisotopic (exact) mass is 536 g/mol. The summed E-state index contributed by atoms with van der Waals surface area (Å²) >= 11 is 2.63. The Morgan fingerprint density at radius 2 is 1.76 bits per heavy atom. The molecule has 4 rings (SSSR count). The zero-order valence-corrected chi connectivity index (χ0v) is 21.2. The lowest BCUT2D eigenvalue weighted by atomic mass is 10.0. The third-order valence-corrected chi connectivity index (χ3v) is 7.32. The molecule has 0 atom stereocenters. The van der Waals surface area contributed by atoms with Gasteiger partial charge in [0.15, 0.2) is 4.34 Å². The zero-order chi connectivity index (χ0) is 26.7. The highest BCUT2D eigenvalue weighted by Gasteiger charge is 2.27. The summed E-state index contributed by atoms with van der Waals surface area (Å²) < 4.78 is 1.41. The SMILES string of the molecule is Cc1cc(C)cc(NC(=O)CSc2nc3ccc(NC(=O)c4cccc([N+](=O)[O-])c4C(=O)O)cc3s2)c1. The number of nitrogens with one attached hydrogen (secondary N) is 2. The van der Waals surface area contributed by atoms with E-state index in [1.54, 1.807) is 18.2 Å². The van der Waals surface area contributed by atoms with Crippen molar-refractivity contribution >= 4 is 68.2 Å². The molecule has 1 aromatic heterocycles. The average molecular weight is 537 g/mol. The number of carboxylic acids is 1. The number of carboxylic acid groups (broad SMARTS) is 1. The topological polar surface area (TPSA) is 152 Å². The van der Waals surface area contributed by atoms with Crippen LogP contribution < -0.4 is 10.6 Å². The van der Waals surface area contributed by atoms with Crippen molar-refractivity contribution < 1.29 is 24.4 Å². The van der Waals surface area contributed by atoms with Crippen LogP contribution in [0.3, 0.4) is 0 Å². The van der Waals surface area contributed by atoms with E-state index < -0.39 is 28.1 Å². The van der Waals surface area contributed by atoms with Crippen molar-refractivity contribution in [3.05, 3.63) is 87.0 Å². The summed E-state index contributed by atoms with van der Waals surface area (Å²) in [5, 5.41) is 26.1. The van der Waals surface area contributed by atoms with Crippen molar-refractivity contribution in [3.8, 4) is 0 Å². The largest absolute Gasteiger partial charge is 0.477 e. The lowest BCUT2D eigenvalue weighted by Gasteiger charge is -2.08. The molecule has 2 amide bonds. The zero-order valence-electron chi connectivity index (χ0n) is 19.6. The van der Waals surface area contributed by atoms with Crippen molar-refractivity contribution in [1.29, 1.82) is 0 Å². The minimum absolute atomic E-state index is 0.159. The van der Waals surface area contributed by atoms with E-state index in [1.165, 1.54) is 35.2 Å². The molecule has 0 saturated heterocycles. The molecule has 3 aromatic carbocycles. The van der Waals surface area contributed by atoms with Gasteiger partial charge in [-0.15, -0.1) is 11.3 Å². The standard InChI is InChI=1S/C25H20N4O6S2/c1-13-8-14(2)10-16(9-13)26-21(30)12-36-25-28-18-7-6-15(11-20(18)37-25)27-23(31)17-4-3-5-19(29(34)35)22(17)24(32)33/h3-11H,12H2,1-2H3,(H,26,30)(H,27,31)(H,32,33). The van der Waals surface area contributed by atoms with Gasteiger partial charge in [0.05, 0.1) is 26.5 Å². The van der Waals surface area contributed by atoms with E-state index in [4.69, 9.17) is 0 Å². The van der Waals surface area contributed by atoms with Gasteiger partial charge in [0.25, 0.3) is 11.6 Å². The fourth-order valence-corrected chi connectivity index (χ4v) is 5.63. The van der Waals surface area contributed by atoms with Crippen molar-refractivity contribution in [3.63, 3.8) is 0 Å². The number of amides is 2. The molecule has 0 aliphatic carbocycles. The fourth-order valence-electron chi connectivity index (χ4n) is 3.72. The molecule has 188 valence electrons. The number of nitro benzene ring substituents is 1. The quantitative estimate of drug-likeness (QED) is 0.152. The van der Waals surface area contributed by atoms with E-state index in [9.17, 15) is 29.6 Å². The van der Waals surface area contributed by atoms with E-state index in [0.717, 1.165) is 27.6 Å². The summed E-state index contributed by atoms with van der Waals surface area (Å²) in [7, 11) is 0. The fraction of sp³-hybridized carbons (Fsp3) is 0.120. The number of rotatable bonds is 8. The summed E-state index contributed by atoms with van der Waals surface area (Å²) in [5.74, 6) is -2.35. The Bertz CT molecular complexity index is 1550. The lowest BCUT2D eigenvalue weighted by molar-refractivity contribution is -0.385. The van der Waals surface area contributed by atoms with Gasteiger partial charge in [-0.25, -0.2) is 9.78 Å². The highest BCUT2D eigenvalue weighted by atomic mass is 32.2. The molecule has 1 heterocycles. The summed E-state index contributed by atoms with van der Waals surface area (Å²) in [4.78, 5) is 51.6. The van der Waals surface area contributed by atoms with Crippen molar-refractivity contribution in [2.45, 2.75) is 18.2 Å². The maximum Gasteiger partial charge on any atom is 0.343 e. The predicted octanol–water partition coefficient (Wildman–Crippen LogP) is 5.50. The Kier molecular flexibility index (Phi) is 7.50. The van der Waals surface area contributed by atoms with E-state index in [1.807, 2.05) is 32.0 Å². The number of carbonyl (C=O) groups is 3. The minimum Gasteiger partial charge on any atom is -0.477 e. The molecule has 0 radical (unpaired) electrons. The number of thioether (sulfide) groups is 1. The van der Waals surface area contributed by atoms with Crippen molar-refractivity contribution in [1.82, 2.24) is 4.98 Å². The van der Waals surface area contributed by atoms with Gasteiger partial charge in [0.2, 0.25) is 5.91 Å². The highest BCUT2D eigenvalue weighted by Crippen LogP contribution is 2.32. The van der Waals surface area contributed by atoms with Crippen LogP contribution in [-0.4, -0.2) is 38.6 Å². The first-order valence-electron chi connectivity index (χ1n) is 10.8. The van der Waals surface area contributed by atoms with Gasteiger partial charge in [-0.1, -0.05) is 23.9 Å². The first-order chi connectivity index (χ1) is 17.6. The molecule has 3 N–H and O–H groups in total. The smallest absolute Gasteiger partial charge is 0.343 e. The van der Waals surface area contributed by atoms with Crippen LogP contribution in [0.25, 0.3) is 10.2 Å². The number of hydrogen-bond donors (Lipinski definition) is 3. The molecule has 0 aliphatic heterocycles. The highest BCUT2D eigenvalue weighted by molar-refractivity contribution is 8.01. The van der Waals surface area contributed by atoms with Gasteiger partial charge in [0.1, 0.15) is 5.56 Å². The second-order valence-corrected chi connectivity index (χ2v) is 10.3. The summed E-state index contributed by atoms with van der Waals surface area (Å²) in [5.41, 5.74) is 2.22. The second kappa shape index (κ2) is 10.8. The molecular weight excluding hydrogens is 516 g/mol. The van der Waals surface area contributed by atoms with Crippen LogP contribution in [0.15, 0.2) is 58.9 Å². The number of benzene rings is 3. The molecular formula is C25H20N4O6S2. The van der Waals surface area contributed by atoms with Crippen LogP contribution in [0.2, 0.25) is 0 Å². The number of carbonyl (C=O) groups excluding carboxylic acids is 2. The first kappa shape index (κ1) is 25.8. The van der Waals surface area contributed by atoms with E-state index >= 15 is 0 Å². The van der Waals surface area contributed by atoms with E-state index in [0.29, 0.717) is 15.5 Å².